The lowest BCUT2D eigenvalue weighted by Gasteiger charge is -2.10. The average Bonchev–Trinajstić information content (AvgIpc) is 3.02. The highest BCUT2D eigenvalue weighted by molar-refractivity contribution is 6.31. The first-order chi connectivity index (χ1) is 15.4. The van der Waals surface area contributed by atoms with Gasteiger partial charge >= 0.3 is 0 Å². The molecule has 0 spiro atoms. The molecule has 7 heteroatoms. The van der Waals surface area contributed by atoms with Crippen LogP contribution in [0.2, 0.25) is 5.02 Å². The van der Waals surface area contributed by atoms with Gasteiger partial charge in [0.15, 0.2) is 0 Å². The molecule has 0 unspecified atom stereocenters. The Bertz CT molecular complexity index is 1360. The fourth-order valence-electron chi connectivity index (χ4n) is 3.99. The van der Waals surface area contributed by atoms with Crippen LogP contribution in [0, 0.1) is 20.8 Å². The summed E-state index contributed by atoms with van der Waals surface area (Å²) < 4.78 is 3.53. The van der Waals surface area contributed by atoms with Crippen LogP contribution in [0.5, 0.6) is 0 Å². The summed E-state index contributed by atoms with van der Waals surface area (Å²) in [6, 6.07) is 14.9. The number of carbonyl (C=O) groups excluding carboxylic acids is 1. The number of hydrogen-bond acceptors (Lipinski definition) is 3. The fraction of sp³-hybridized carbons (Fsp3) is 0.240. The molecule has 6 nitrogen and oxygen atoms in total. The van der Waals surface area contributed by atoms with E-state index in [2.05, 4.69) is 15.0 Å². The summed E-state index contributed by atoms with van der Waals surface area (Å²) in [7, 11) is 0. The minimum atomic E-state index is -0.137. The van der Waals surface area contributed by atoms with Crippen LogP contribution in [0.4, 0.5) is 5.69 Å². The third-order valence-electron chi connectivity index (χ3n) is 5.78. The predicted molar refractivity (Wildman–Crippen MR) is 129 cm³/mol. The Kier molecular flexibility index (Phi) is 6.15. The Morgan fingerprint density at radius 2 is 1.81 bits per heavy atom. The number of amides is 1. The molecule has 2 aromatic heterocycles. The molecule has 0 fully saturated rings. The van der Waals surface area contributed by atoms with Gasteiger partial charge < -0.3 is 9.88 Å². The predicted octanol–water partition coefficient (Wildman–Crippen LogP) is 5.18. The Morgan fingerprint density at radius 3 is 2.53 bits per heavy atom. The molecule has 0 aliphatic heterocycles. The number of hydrogen-bond donors (Lipinski definition) is 1. The molecule has 0 aliphatic rings. The van der Waals surface area contributed by atoms with Gasteiger partial charge in [-0.05, 0) is 57.0 Å². The quantitative estimate of drug-likeness (QED) is 0.441. The summed E-state index contributed by atoms with van der Waals surface area (Å²) in [6.45, 7) is 6.49. The molecule has 164 valence electrons. The van der Waals surface area contributed by atoms with Gasteiger partial charge in [-0.3, -0.25) is 9.59 Å². The number of nitrogens with zero attached hydrogens (tertiary/aromatic N) is 3. The molecule has 0 aliphatic carbocycles. The lowest BCUT2D eigenvalue weighted by molar-refractivity contribution is -0.116. The third kappa shape index (κ3) is 4.18. The highest BCUT2D eigenvalue weighted by Gasteiger charge is 2.17. The smallest absolute Gasteiger partial charge is 0.281 e. The van der Waals surface area contributed by atoms with Crippen LogP contribution >= 0.6 is 11.6 Å². The Balaban J connectivity index is 1.51. The van der Waals surface area contributed by atoms with Crippen LogP contribution in [0.3, 0.4) is 0 Å². The molecule has 0 saturated heterocycles. The van der Waals surface area contributed by atoms with E-state index < -0.39 is 0 Å². The molecule has 1 N–H and O–H groups in total. The van der Waals surface area contributed by atoms with E-state index in [1.165, 1.54) is 4.68 Å². The highest BCUT2D eigenvalue weighted by atomic mass is 35.5. The second kappa shape index (κ2) is 9.01. The van der Waals surface area contributed by atoms with Gasteiger partial charge in [-0.25, -0.2) is 0 Å². The largest absolute Gasteiger partial charge is 0.348 e. The second-order valence-electron chi connectivity index (χ2n) is 7.92. The summed E-state index contributed by atoms with van der Waals surface area (Å²) in [5.74, 6) is -0.0648. The molecule has 1 amide bonds. The van der Waals surface area contributed by atoms with Crippen molar-refractivity contribution in [1.82, 2.24) is 14.3 Å². The van der Waals surface area contributed by atoms with E-state index in [1.54, 1.807) is 12.3 Å². The summed E-state index contributed by atoms with van der Waals surface area (Å²) in [5.41, 5.74) is 4.13. The summed E-state index contributed by atoms with van der Waals surface area (Å²) in [5, 5.41) is 9.41. The van der Waals surface area contributed by atoms with Crippen molar-refractivity contribution in [3.8, 4) is 5.69 Å². The van der Waals surface area contributed by atoms with Crippen LogP contribution in [0.15, 0.2) is 59.5 Å². The van der Waals surface area contributed by atoms with Crippen molar-refractivity contribution < 1.29 is 4.79 Å². The van der Waals surface area contributed by atoms with Crippen molar-refractivity contribution in [2.75, 3.05) is 5.32 Å². The zero-order chi connectivity index (χ0) is 22.8. The number of aryl methyl sites for hydroxylation is 3. The topological polar surface area (TPSA) is 68.9 Å². The lowest BCUT2D eigenvalue weighted by Crippen LogP contribution is -2.21. The third-order valence-corrected chi connectivity index (χ3v) is 6.19. The Morgan fingerprint density at radius 1 is 1.06 bits per heavy atom. The minimum absolute atomic E-state index is 0.0648. The van der Waals surface area contributed by atoms with E-state index >= 15 is 0 Å². The van der Waals surface area contributed by atoms with Crippen LogP contribution in [-0.2, 0) is 11.3 Å². The van der Waals surface area contributed by atoms with Crippen LogP contribution < -0.4 is 10.9 Å². The number of anilines is 1. The molecule has 4 rings (SSSR count). The van der Waals surface area contributed by atoms with E-state index in [0.717, 1.165) is 28.0 Å². The van der Waals surface area contributed by atoms with E-state index in [9.17, 15) is 9.59 Å². The normalized spacial score (nSPS) is 11.1. The molecule has 32 heavy (non-hydrogen) atoms. The monoisotopic (exact) mass is 448 g/mol. The maximum Gasteiger partial charge on any atom is 0.281 e. The number of halogens is 1. The minimum Gasteiger partial charge on any atom is -0.348 e. The van der Waals surface area contributed by atoms with Crippen LogP contribution in [0.25, 0.3) is 16.5 Å². The van der Waals surface area contributed by atoms with Crippen molar-refractivity contribution in [3.05, 3.63) is 87.1 Å². The van der Waals surface area contributed by atoms with Crippen molar-refractivity contribution in [2.45, 2.75) is 40.2 Å². The zero-order valence-electron chi connectivity index (χ0n) is 18.4. The van der Waals surface area contributed by atoms with Crippen molar-refractivity contribution in [1.29, 1.82) is 0 Å². The molecule has 0 bridgehead atoms. The van der Waals surface area contributed by atoms with Gasteiger partial charge in [-0.1, -0.05) is 35.9 Å². The SMILES string of the molecule is Cc1ccc(NC(=O)CCCn2c(C)c3cnn(-c4ccccc4)c(=O)c3c2C)cc1Cl. The van der Waals surface area contributed by atoms with Crippen molar-refractivity contribution >= 4 is 34.0 Å². The van der Waals surface area contributed by atoms with Gasteiger partial charge in [-0.15, -0.1) is 0 Å². The maximum atomic E-state index is 13.2. The fourth-order valence-corrected chi connectivity index (χ4v) is 4.17. The number of aromatic nitrogens is 3. The van der Waals surface area contributed by atoms with Crippen LogP contribution in [0.1, 0.15) is 29.8 Å². The molecule has 0 radical (unpaired) electrons. The van der Waals surface area contributed by atoms with Crippen molar-refractivity contribution in [2.24, 2.45) is 0 Å². The zero-order valence-corrected chi connectivity index (χ0v) is 19.1. The molecule has 2 aromatic carbocycles. The summed E-state index contributed by atoms with van der Waals surface area (Å²) >= 11 is 6.13. The lowest BCUT2D eigenvalue weighted by atomic mass is 10.2. The number of para-hydroxylation sites is 1. The van der Waals surface area contributed by atoms with Crippen molar-refractivity contribution in [3.63, 3.8) is 0 Å². The van der Waals surface area contributed by atoms with Gasteiger partial charge in [0, 0.05) is 40.4 Å². The first kappa shape index (κ1) is 21.8. The Hall–Kier alpha value is -3.38. The van der Waals surface area contributed by atoms with Crippen LogP contribution in [-0.4, -0.2) is 20.3 Å². The number of rotatable bonds is 6. The van der Waals surface area contributed by atoms with Gasteiger partial charge in [0.25, 0.3) is 5.56 Å². The maximum absolute atomic E-state index is 13.2. The van der Waals surface area contributed by atoms with E-state index in [4.69, 9.17) is 11.6 Å². The van der Waals surface area contributed by atoms with Gasteiger partial charge in [0.1, 0.15) is 0 Å². The van der Waals surface area contributed by atoms with Gasteiger partial charge in [-0.2, -0.15) is 9.78 Å². The molecular weight excluding hydrogens is 424 g/mol. The van der Waals surface area contributed by atoms with E-state index in [-0.39, 0.29) is 11.5 Å². The molecule has 4 aromatic rings. The first-order valence-corrected chi connectivity index (χ1v) is 10.9. The highest BCUT2D eigenvalue weighted by Crippen LogP contribution is 2.23. The number of nitrogens with one attached hydrogen (secondary N) is 1. The standard InChI is InChI=1S/C25H25ClN4O2/c1-16-11-12-19(14-22(16)26)28-23(31)10-7-13-29-17(2)21-15-27-30(20-8-5-4-6-9-20)25(32)24(21)18(29)3/h4-6,8-9,11-12,14-15H,7,10,13H2,1-3H3,(H,28,31). The summed E-state index contributed by atoms with van der Waals surface area (Å²) in [4.78, 5) is 25.5. The molecule has 0 saturated carbocycles. The number of benzene rings is 2. The van der Waals surface area contributed by atoms with E-state index in [0.29, 0.717) is 35.5 Å². The first-order valence-electron chi connectivity index (χ1n) is 10.6. The van der Waals surface area contributed by atoms with Gasteiger partial charge in [0.2, 0.25) is 5.91 Å². The van der Waals surface area contributed by atoms with Gasteiger partial charge in [0.05, 0.1) is 17.3 Å². The van der Waals surface area contributed by atoms with E-state index in [1.807, 2.05) is 63.2 Å². The average molecular weight is 449 g/mol. The number of fused-ring (bicyclic) bond motifs is 1. The molecule has 2 heterocycles. The second-order valence-corrected chi connectivity index (χ2v) is 8.33. The summed E-state index contributed by atoms with van der Waals surface area (Å²) in [6.07, 6.45) is 2.76. The molecular formula is C25H25ClN4O2. The number of carbonyl (C=O) groups is 1. The Labute approximate surface area is 191 Å². The molecule has 0 atom stereocenters.